The number of hydrogen-bond acceptors (Lipinski definition) is 5. The summed E-state index contributed by atoms with van der Waals surface area (Å²) in [5.41, 5.74) is -0.237. The van der Waals surface area contributed by atoms with Gasteiger partial charge in [-0.3, -0.25) is 9.18 Å². The highest BCUT2D eigenvalue weighted by molar-refractivity contribution is 5.77. The van der Waals surface area contributed by atoms with E-state index in [2.05, 4.69) is 4.98 Å². The minimum Gasteiger partial charge on any atom is -0.478 e. The second kappa shape index (κ2) is 9.86. The summed E-state index contributed by atoms with van der Waals surface area (Å²) in [6.07, 6.45) is -1.54. The number of alkyl halides is 4. The Morgan fingerprint density at radius 1 is 1.34 bits per heavy atom. The highest BCUT2D eigenvalue weighted by atomic mass is 19.4. The third kappa shape index (κ3) is 6.28. The molecular formula is C18H22F4N2O5. The van der Waals surface area contributed by atoms with E-state index in [1.165, 1.54) is 0 Å². The van der Waals surface area contributed by atoms with Gasteiger partial charge in [-0.1, -0.05) is 6.07 Å². The molecule has 0 aromatic carbocycles. The van der Waals surface area contributed by atoms with E-state index < -0.39 is 18.8 Å². The molecule has 2 fully saturated rings. The molecule has 0 aliphatic carbocycles. The fourth-order valence-corrected chi connectivity index (χ4v) is 3.30. The lowest BCUT2D eigenvalue weighted by Crippen LogP contribution is -2.66. The predicted octanol–water partition coefficient (Wildman–Crippen LogP) is 2.46. The van der Waals surface area contributed by atoms with E-state index in [1.807, 2.05) is 18.2 Å². The van der Waals surface area contributed by atoms with Crippen molar-refractivity contribution in [2.75, 3.05) is 33.0 Å². The van der Waals surface area contributed by atoms with E-state index in [0.717, 1.165) is 19.4 Å². The van der Waals surface area contributed by atoms with Crippen LogP contribution in [0, 0.1) is 5.92 Å². The molecule has 3 heterocycles. The molecule has 11 heteroatoms. The van der Waals surface area contributed by atoms with Crippen molar-refractivity contribution >= 4 is 11.9 Å². The first-order valence-corrected chi connectivity index (χ1v) is 8.99. The summed E-state index contributed by atoms with van der Waals surface area (Å²) in [4.78, 5) is 26.4. The number of hydrogen-bond donors (Lipinski definition) is 1. The summed E-state index contributed by atoms with van der Waals surface area (Å²) in [5.74, 6) is -1.87. The van der Waals surface area contributed by atoms with Crippen LogP contribution < -0.4 is 4.74 Å². The number of carboxylic acid groups (broad SMARTS) is 1. The topological polar surface area (TPSA) is 89.0 Å². The molecule has 162 valence electrons. The average Bonchev–Trinajstić information content (AvgIpc) is 3.05. The summed E-state index contributed by atoms with van der Waals surface area (Å²) in [5, 5.41) is 7.12. The molecule has 0 saturated carbocycles. The molecule has 29 heavy (non-hydrogen) atoms. The SMILES string of the molecule is O=C(CCF)N1CC2(C1)OCCC2CCOc1ccccn1.O=C(O)C(F)(F)F. The van der Waals surface area contributed by atoms with Crippen molar-refractivity contribution in [3.63, 3.8) is 0 Å². The third-order valence-electron chi connectivity index (χ3n) is 4.77. The Labute approximate surface area is 164 Å². The van der Waals surface area contributed by atoms with Crippen LogP contribution in [0.2, 0.25) is 0 Å². The number of carbonyl (C=O) groups excluding carboxylic acids is 1. The van der Waals surface area contributed by atoms with Gasteiger partial charge in [-0.25, -0.2) is 9.78 Å². The highest BCUT2D eigenvalue weighted by Gasteiger charge is 2.53. The predicted molar refractivity (Wildman–Crippen MR) is 92.0 cm³/mol. The van der Waals surface area contributed by atoms with Gasteiger partial charge in [-0.05, 0) is 24.8 Å². The van der Waals surface area contributed by atoms with Gasteiger partial charge < -0.3 is 19.5 Å². The van der Waals surface area contributed by atoms with Crippen molar-refractivity contribution in [1.29, 1.82) is 0 Å². The van der Waals surface area contributed by atoms with Crippen LogP contribution in [0.3, 0.4) is 0 Å². The van der Waals surface area contributed by atoms with Crippen molar-refractivity contribution < 1.29 is 41.7 Å². The number of amides is 1. The van der Waals surface area contributed by atoms with E-state index in [4.69, 9.17) is 19.4 Å². The molecule has 0 bridgehead atoms. The number of rotatable bonds is 6. The van der Waals surface area contributed by atoms with Gasteiger partial charge >= 0.3 is 12.1 Å². The maximum atomic E-state index is 12.2. The van der Waals surface area contributed by atoms with Gasteiger partial charge in [0.15, 0.2) is 0 Å². The van der Waals surface area contributed by atoms with Gasteiger partial charge in [0.2, 0.25) is 11.8 Å². The largest absolute Gasteiger partial charge is 0.490 e. The molecule has 2 aliphatic rings. The number of halogens is 4. The summed E-state index contributed by atoms with van der Waals surface area (Å²) >= 11 is 0. The van der Waals surface area contributed by atoms with Crippen LogP contribution in [0.25, 0.3) is 0 Å². The molecule has 1 unspecified atom stereocenters. The van der Waals surface area contributed by atoms with Crippen LogP contribution in [-0.2, 0) is 14.3 Å². The first-order valence-electron chi connectivity index (χ1n) is 8.99. The second-order valence-electron chi connectivity index (χ2n) is 6.70. The lowest BCUT2D eigenvalue weighted by atomic mass is 9.79. The van der Waals surface area contributed by atoms with Crippen molar-refractivity contribution in [2.24, 2.45) is 5.92 Å². The zero-order chi connectivity index (χ0) is 21.5. The molecule has 1 aromatic heterocycles. The Kier molecular flexibility index (Phi) is 7.77. The number of likely N-dealkylation sites (tertiary alicyclic amines) is 1. The minimum atomic E-state index is -5.08. The van der Waals surface area contributed by atoms with E-state index in [9.17, 15) is 22.4 Å². The monoisotopic (exact) mass is 422 g/mol. The molecule has 2 aliphatic heterocycles. The maximum Gasteiger partial charge on any atom is 0.490 e. The van der Waals surface area contributed by atoms with Crippen LogP contribution in [-0.4, -0.2) is 71.6 Å². The van der Waals surface area contributed by atoms with E-state index in [1.54, 1.807) is 11.1 Å². The molecule has 1 N–H and O–H groups in total. The molecule has 1 atom stereocenters. The Morgan fingerprint density at radius 2 is 2.03 bits per heavy atom. The number of carboxylic acids is 1. The fourth-order valence-electron chi connectivity index (χ4n) is 3.30. The highest BCUT2D eigenvalue weighted by Crippen LogP contribution is 2.41. The van der Waals surface area contributed by atoms with Crippen LogP contribution in [0.15, 0.2) is 24.4 Å². The smallest absolute Gasteiger partial charge is 0.478 e. The molecule has 0 radical (unpaired) electrons. The van der Waals surface area contributed by atoms with E-state index in [-0.39, 0.29) is 17.9 Å². The van der Waals surface area contributed by atoms with Crippen molar-refractivity contribution in [2.45, 2.75) is 31.0 Å². The van der Waals surface area contributed by atoms with Crippen LogP contribution >= 0.6 is 0 Å². The van der Waals surface area contributed by atoms with Gasteiger partial charge in [0.25, 0.3) is 0 Å². The third-order valence-corrected chi connectivity index (χ3v) is 4.77. The van der Waals surface area contributed by atoms with Crippen molar-refractivity contribution in [3.8, 4) is 5.88 Å². The molecule has 7 nitrogen and oxygen atoms in total. The standard InChI is InChI=1S/C16H21FN2O3.C2HF3O2/c17-7-4-15(20)19-11-16(12-19)13(6-10-22-16)5-9-21-14-3-1-2-8-18-14;3-2(4,5)1(6)7/h1-3,8,13H,4-7,9-12H2;(H,6,7). The molecule has 1 amide bonds. The van der Waals surface area contributed by atoms with Crippen LogP contribution in [0.1, 0.15) is 19.3 Å². The summed E-state index contributed by atoms with van der Waals surface area (Å²) in [6.45, 7) is 1.88. The van der Waals surface area contributed by atoms with Crippen molar-refractivity contribution in [3.05, 3.63) is 24.4 Å². The lowest BCUT2D eigenvalue weighted by Gasteiger charge is -2.50. The Hall–Kier alpha value is -2.43. The van der Waals surface area contributed by atoms with Gasteiger partial charge in [0.05, 0.1) is 32.8 Å². The Morgan fingerprint density at radius 3 is 2.59 bits per heavy atom. The second-order valence-corrected chi connectivity index (χ2v) is 6.70. The maximum absolute atomic E-state index is 12.2. The molecule has 1 aromatic rings. The van der Waals surface area contributed by atoms with Crippen LogP contribution in [0.5, 0.6) is 5.88 Å². The zero-order valence-corrected chi connectivity index (χ0v) is 15.5. The number of aromatic nitrogens is 1. The lowest BCUT2D eigenvalue weighted by molar-refractivity contribution is -0.192. The minimum absolute atomic E-state index is 0.0243. The molecular weight excluding hydrogens is 400 g/mol. The van der Waals surface area contributed by atoms with Crippen molar-refractivity contribution in [1.82, 2.24) is 9.88 Å². The first-order chi connectivity index (χ1) is 13.7. The summed E-state index contributed by atoms with van der Waals surface area (Å²) < 4.78 is 55.5. The Balaban J connectivity index is 0.000000370. The number of ether oxygens (including phenoxy) is 2. The van der Waals surface area contributed by atoms with Crippen LogP contribution in [0.4, 0.5) is 17.6 Å². The normalized spacial score (nSPS) is 19.9. The van der Waals surface area contributed by atoms with Gasteiger partial charge in [-0.15, -0.1) is 0 Å². The Bertz CT molecular complexity index is 681. The average molecular weight is 422 g/mol. The molecule has 2 saturated heterocycles. The van der Waals surface area contributed by atoms with Gasteiger partial charge in [-0.2, -0.15) is 13.2 Å². The quantitative estimate of drug-likeness (QED) is 0.709. The number of nitrogens with zero attached hydrogens (tertiary/aromatic N) is 2. The number of carbonyl (C=O) groups is 2. The number of pyridine rings is 1. The zero-order valence-electron chi connectivity index (χ0n) is 15.5. The number of aliphatic carboxylic acids is 1. The first kappa shape index (κ1) is 22.9. The summed E-state index contributed by atoms with van der Waals surface area (Å²) in [6, 6.07) is 5.58. The van der Waals surface area contributed by atoms with E-state index >= 15 is 0 Å². The van der Waals surface area contributed by atoms with Gasteiger partial charge in [0.1, 0.15) is 5.60 Å². The van der Waals surface area contributed by atoms with Gasteiger partial charge in [0, 0.05) is 18.9 Å². The molecule has 3 rings (SSSR count). The molecule has 1 spiro atoms. The summed E-state index contributed by atoms with van der Waals surface area (Å²) in [7, 11) is 0. The van der Waals surface area contributed by atoms with E-state index in [0.29, 0.717) is 31.5 Å². The fraction of sp³-hybridized carbons (Fsp3) is 0.611.